The first-order valence-electron chi connectivity index (χ1n) is 5.26. The van der Waals surface area contributed by atoms with Gasteiger partial charge < -0.3 is 10.4 Å². The van der Waals surface area contributed by atoms with Crippen molar-refractivity contribution in [1.29, 1.82) is 0 Å². The summed E-state index contributed by atoms with van der Waals surface area (Å²) in [6, 6.07) is 7.64. The number of hydrogen-bond acceptors (Lipinski definition) is 7. The van der Waals surface area contributed by atoms with Gasteiger partial charge in [0.05, 0.1) is 0 Å². The topological polar surface area (TPSA) is 97.0 Å². The maximum Gasteiger partial charge on any atom is 0.257 e. The van der Waals surface area contributed by atoms with Crippen LogP contribution in [0.5, 0.6) is 5.88 Å². The Bertz CT molecular complexity index is 709. The molecule has 7 nitrogen and oxygen atoms in total. The minimum atomic E-state index is -0.249. The Kier molecular flexibility index (Phi) is 2.30. The molecule has 0 amide bonds. The van der Waals surface area contributed by atoms with E-state index in [1.165, 1.54) is 0 Å². The molecule has 0 saturated heterocycles. The molecule has 2 heterocycles. The Balaban J connectivity index is 2.04. The number of rotatable bonds is 2. The third-order valence-corrected chi connectivity index (χ3v) is 2.49. The van der Waals surface area contributed by atoms with Gasteiger partial charge >= 0.3 is 0 Å². The Morgan fingerprint density at radius 2 is 1.83 bits per heavy atom. The monoisotopic (exact) mass is 243 g/mol. The molecular formula is C11H9N5O2. The van der Waals surface area contributed by atoms with Crippen LogP contribution < -0.4 is 5.32 Å². The van der Waals surface area contributed by atoms with Crippen LogP contribution in [0.2, 0.25) is 0 Å². The average molecular weight is 243 g/mol. The standard InChI is InChI=1S/C11H9N5O2/c1-6-4-2-3-5-7(6)12-10-11(17)14-9-8(13-10)15-18-16-9/h2-5H,1H3,(H,12,13,15)(H,14,16,17). The van der Waals surface area contributed by atoms with Crippen LogP contribution in [0.25, 0.3) is 11.3 Å². The maximum absolute atomic E-state index is 9.73. The number of hydrogen-bond donors (Lipinski definition) is 2. The molecule has 1 aromatic carbocycles. The highest BCUT2D eigenvalue weighted by atomic mass is 16.6. The summed E-state index contributed by atoms with van der Waals surface area (Å²) in [5.41, 5.74) is 2.27. The van der Waals surface area contributed by atoms with Crippen LogP contribution in [0, 0.1) is 6.92 Å². The number of aromatic hydroxyl groups is 1. The van der Waals surface area contributed by atoms with Gasteiger partial charge in [0.15, 0.2) is 5.82 Å². The van der Waals surface area contributed by atoms with Gasteiger partial charge in [-0.05, 0) is 28.9 Å². The molecule has 0 unspecified atom stereocenters. The van der Waals surface area contributed by atoms with E-state index in [1.807, 2.05) is 31.2 Å². The molecule has 7 heteroatoms. The molecule has 0 spiro atoms. The predicted octanol–water partition coefficient (Wildman–Crippen LogP) is 1.77. The van der Waals surface area contributed by atoms with Gasteiger partial charge in [0.1, 0.15) is 0 Å². The van der Waals surface area contributed by atoms with Gasteiger partial charge in [0, 0.05) is 5.69 Å². The molecule has 0 saturated carbocycles. The number of fused-ring (bicyclic) bond motifs is 1. The molecule has 0 radical (unpaired) electrons. The molecule has 18 heavy (non-hydrogen) atoms. The van der Waals surface area contributed by atoms with Gasteiger partial charge in [0.25, 0.3) is 5.88 Å². The predicted molar refractivity (Wildman–Crippen MR) is 63.5 cm³/mol. The summed E-state index contributed by atoms with van der Waals surface area (Å²) < 4.78 is 4.48. The van der Waals surface area contributed by atoms with Crippen LogP contribution >= 0.6 is 0 Å². The van der Waals surface area contributed by atoms with E-state index in [9.17, 15) is 5.11 Å². The summed E-state index contributed by atoms with van der Waals surface area (Å²) in [6.07, 6.45) is 0. The Morgan fingerprint density at radius 1 is 1.11 bits per heavy atom. The fraction of sp³-hybridized carbons (Fsp3) is 0.0909. The molecule has 0 aliphatic carbocycles. The van der Waals surface area contributed by atoms with Crippen molar-refractivity contribution in [3.8, 4) is 5.88 Å². The fourth-order valence-corrected chi connectivity index (χ4v) is 1.55. The zero-order valence-corrected chi connectivity index (χ0v) is 9.45. The van der Waals surface area contributed by atoms with E-state index in [0.29, 0.717) is 0 Å². The third-order valence-electron chi connectivity index (χ3n) is 2.49. The van der Waals surface area contributed by atoms with Crippen molar-refractivity contribution in [2.24, 2.45) is 0 Å². The second-order valence-corrected chi connectivity index (χ2v) is 3.75. The van der Waals surface area contributed by atoms with Crippen LogP contribution in [0.4, 0.5) is 11.5 Å². The molecule has 3 aromatic rings. The Morgan fingerprint density at radius 3 is 2.61 bits per heavy atom. The van der Waals surface area contributed by atoms with E-state index in [2.05, 4.69) is 30.2 Å². The first-order chi connectivity index (χ1) is 8.74. The second kappa shape index (κ2) is 3.95. The number of para-hydroxylation sites is 1. The summed E-state index contributed by atoms with van der Waals surface area (Å²) >= 11 is 0. The van der Waals surface area contributed by atoms with Crippen LogP contribution in [-0.2, 0) is 0 Å². The number of aryl methyl sites for hydroxylation is 1. The number of aromatic nitrogens is 4. The van der Waals surface area contributed by atoms with Gasteiger partial charge in [-0.3, -0.25) is 0 Å². The molecule has 0 aliphatic rings. The van der Waals surface area contributed by atoms with Crippen molar-refractivity contribution in [2.75, 3.05) is 5.32 Å². The quantitative estimate of drug-likeness (QED) is 0.707. The van der Waals surface area contributed by atoms with Crippen molar-refractivity contribution in [3.63, 3.8) is 0 Å². The number of anilines is 2. The summed E-state index contributed by atoms with van der Waals surface area (Å²) in [7, 11) is 0. The highest BCUT2D eigenvalue weighted by molar-refractivity contribution is 5.71. The van der Waals surface area contributed by atoms with Crippen molar-refractivity contribution in [1.82, 2.24) is 20.3 Å². The molecule has 0 fully saturated rings. The van der Waals surface area contributed by atoms with Gasteiger partial charge in [0.2, 0.25) is 11.3 Å². The number of nitrogens with one attached hydrogen (secondary N) is 1. The first-order valence-corrected chi connectivity index (χ1v) is 5.26. The van der Waals surface area contributed by atoms with Crippen LogP contribution in [0.3, 0.4) is 0 Å². The molecule has 2 N–H and O–H groups in total. The highest BCUT2D eigenvalue weighted by Gasteiger charge is 2.12. The minimum Gasteiger partial charge on any atom is -0.491 e. The van der Waals surface area contributed by atoms with E-state index in [1.54, 1.807) is 0 Å². The van der Waals surface area contributed by atoms with E-state index in [0.717, 1.165) is 11.3 Å². The van der Waals surface area contributed by atoms with Gasteiger partial charge in [-0.15, -0.1) is 0 Å². The summed E-state index contributed by atoms with van der Waals surface area (Å²) in [5, 5.41) is 19.8. The van der Waals surface area contributed by atoms with Gasteiger partial charge in [-0.25, -0.2) is 4.63 Å². The molecule has 2 aromatic heterocycles. The lowest BCUT2D eigenvalue weighted by molar-refractivity contribution is 0.314. The molecular weight excluding hydrogens is 234 g/mol. The zero-order valence-electron chi connectivity index (χ0n) is 9.45. The van der Waals surface area contributed by atoms with Crippen molar-refractivity contribution in [3.05, 3.63) is 29.8 Å². The normalized spacial score (nSPS) is 10.7. The Labute approximate surface area is 101 Å². The van der Waals surface area contributed by atoms with Crippen LogP contribution in [0.1, 0.15) is 5.56 Å². The zero-order chi connectivity index (χ0) is 12.5. The van der Waals surface area contributed by atoms with Crippen molar-refractivity contribution in [2.45, 2.75) is 6.92 Å². The van der Waals surface area contributed by atoms with E-state index in [-0.39, 0.29) is 23.0 Å². The summed E-state index contributed by atoms with van der Waals surface area (Å²) in [4.78, 5) is 7.90. The van der Waals surface area contributed by atoms with E-state index >= 15 is 0 Å². The highest BCUT2D eigenvalue weighted by Crippen LogP contribution is 2.25. The van der Waals surface area contributed by atoms with Gasteiger partial charge in [-0.1, -0.05) is 18.2 Å². The smallest absolute Gasteiger partial charge is 0.257 e. The van der Waals surface area contributed by atoms with Gasteiger partial charge in [-0.2, -0.15) is 9.97 Å². The van der Waals surface area contributed by atoms with E-state index in [4.69, 9.17) is 0 Å². The largest absolute Gasteiger partial charge is 0.491 e. The summed E-state index contributed by atoms with van der Waals surface area (Å²) in [6.45, 7) is 1.95. The molecule has 90 valence electrons. The van der Waals surface area contributed by atoms with Crippen LogP contribution in [-0.4, -0.2) is 25.4 Å². The fourth-order valence-electron chi connectivity index (χ4n) is 1.55. The summed E-state index contributed by atoms with van der Waals surface area (Å²) in [5.74, 6) is -0.0334. The Hall–Kier alpha value is -2.70. The molecule has 0 atom stereocenters. The average Bonchev–Trinajstić information content (AvgIpc) is 2.79. The lowest BCUT2D eigenvalue weighted by Crippen LogP contribution is -1.98. The lowest BCUT2D eigenvalue weighted by Gasteiger charge is -2.08. The number of benzene rings is 1. The van der Waals surface area contributed by atoms with Crippen molar-refractivity contribution < 1.29 is 9.74 Å². The third kappa shape index (κ3) is 1.71. The maximum atomic E-state index is 9.73. The second-order valence-electron chi connectivity index (χ2n) is 3.75. The first kappa shape index (κ1) is 10.5. The minimum absolute atomic E-state index is 0.169. The van der Waals surface area contributed by atoms with Crippen molar-refractivity contribution >= 4 is 22.8 Å². The lowest BCUT2D eigenvalue weighted by atomic mass is 10.2. The molecule has 0 bridgehead atoms. The molecule has 3 rings (SSSR count). The molecule has 0 aliphatic heterocycles. The number of nitrogens with zero attached hydrogens (tertiary/aromatic N) is 4. The van der Waals surface area contributed by atoms with E-state index < -0.39 is 0 Å². The SMILES string of the molecule is Cc1ccccc1Nc1nc2nonc2nc1O. The van der Waals surface area contributed by atoms with Crippen LogP contribution in [0.15, 0.2) is 28.9 Å².